The molecule has 1 heterocycles. The molecule has 1 atom stereocenters. The van der Waals surface area contributed by atoms with Crippen LogP contribution in [-0.2, 0) is 12.8 Å². The van der Waals surface area contributed by atoms with Crippen LogP contribution in [-0.4, -0.2) is 17.8 Å². The van der Waals surface area contributed by atoms with Gasteiger partial charge in [0.15, 0.2) is 0 Å². The van der Waals surface area contributed by atoms with E-state index in [9.17, 15) is 0 Å². The summed E-state index contributed by atoms with van der Waals surface area (Å²) in [6.45, 7) is 4.51. The minimum atomic E-state index is 0.224. The van der Waals surface area contributed by atoms with Crippen molar-refractivity contribution in [2.45, 2.75) is 32.7 Å². The molecule has 1 unspecified atom stereocenters. The van der Waals surface area contributed by atoms with E-state index < -0.39 is 0 Å². The SMILES string of the molecule is CC(C)C(N)Cc1ccsc1CCO. The van der Waals surface area contributed by atoms with Crippen molar-refractivity contribution in [2.75, 3.05) is 6.61 Å². The Balaban J connectivity index is 2.61. The van der Waals surface area contributed by atoms with Gasteiger partial charge < -0.3 is 10.8 Å². The molecule has 3 heteroatoms. The van der Waals surface area contributed by atoms with Gasteiger partial charge in [-0.1, -0.05) is 13.8 Å². The Morgan fingerprint density at radius 3 is 2.79 bits per heavy atom. The van der Waals surface area contributed by atoms with Crippen LogP contribution in [0.25, 0.3) is 0 Å². The minimum absolute atomic E-state index is 0.224. The normalized spacial score (nSPS) is 13.5. The molecule has 1 aromatic heterocycles. The predicted octanol–water partition coefficient (Wildman–Crippen LogP) is 1.81. The quantitative estimate of drug-likeness (QED) is 0.783. The molecule has 0 amide bonds. The first kappa shape index (κ1) is 11.7. The summed E-state index contributed by atoms with van der Waals surface area (Å²) >= 11 is 1.71. The average molecular weight is 213 g/mol. The van der Waals surface area contributed by atoms with Crippen LogP contribution in [0.2, 0.25) is 0 Å². The maximum atomic E-state index is 8.88. The third-order valence-electron chi connectivity index (χ3n) is 2.49. The summed E-state index contributed by atoms with van der Waals surface area (Å²) < 4.78 is 0. The molecule has 1 rings (SSSR count). The van der Waals surface area contributed by atoms with E-state index in [1.54, 1.807) is 11.3 Å². The van der Waals surface area contributed by atoms with E-state index in [-0.39, 0.29) is 12.6 Å². The average Bonchev–Trinajstić information content (AvgIpc) is 2.53. The van der Waals surface area contributed by atoms with E-state index in [1.165, 1.54) is 10.4 Å². The monoisotopic (exact) mass is 213 g/mol. The Kier molecular flexibility index (Phi) is 4.58. The molecule has 0 aliphatic rings. The number of nitrogens with two attached hydrogens (primary N) is 1. The highest BCUT2D eigenvalue weighted by Gasteiger charge is 2.11. The zero-order chi connectivity index (χ0) is 10.6. The molecule has 0 saturated carbocycles. The van der Waals surface area contributed by atoms with E-state index in [1.807, 2.05) is 0 Å². The third-order valence-corrected chi connectivity index (χ3v) is 3.51. The fraction of sp³-hybridized carbons (Fsp3) is 0.636. The lowest BCUT2D eigenvalue weighted by Gasteiger charge is -2.15. The maximum Gasteiger partial charge on any atom is 0.0479 e. The molecule has 0 aliphatic heterocycles. The van der Waals surface area contributed by atoms with Crippen LogP contribution in [0.1, 0.15) is 24.3 Å². The molecule has 0 saturated heterocycles. The molecule has 0 spiro atoms. The van der Waals surface area contributed by atoms with Gasteiger partial charge in [0, 0.05) is 23.9 Å². The third kappa shape index (κ3) is 3.08. The second kappa shape index (κ2) is 5.49. The fourth-order valence-electron chi connectivity index (χ4n) is 1.36. The lowest BCUT2D eigenvalue weighted by Crippen LogP contribution is -2.28. The Morgan fingerprint density at radius 2 is 2.21 bits per heavy atom. The molecule has 0 aliphatic carbocycles. The molecule has 14 heavy (non-hydrogen) atoms. The van der Waals surface area contributed by atoms with Crippen LogP contribution in [0.3, 0.4) is 0 Å². The summed E-state index contributed by atoms with van der Waals surface area (Å²) in [5, 5.41) is 11.0. The Labute approximate surface area is 89.8 Å². The van der Waals surface area contributed by atoms with Gasteiger partial charge in [-0.25, -0.2) is 0 Å². The zero-order valence-corrected chi connectivity index (χ0v) is 9.68. The molecular weight excluding hydrogens is 194 g/mol. The zero-order valence-electron chi connectivity index (χ0n) is 8.86. The summed E-state index contributed by atoms with van der Waals surface area (Å²) in [7, 11) is 0. The highest BCUT2D eigenvalue weighted by molar-refractivity contribution is 7.10. The highest BCUT2D eigenvalue weighted by atomic mass is 32.1. The van der Waals surface area contributed by atoms with Gasteiger partial charge in [0.1, 0.15) is 0 Å². The molecule has 80 valence electrons. The van der Waals surface area contributed by atoms with Crippen LogP contribution < -0.4 is 5.73 Å². The summed E-state index contributed by atoms with van der Waals surface area (Å²) in [5.74, 6) is 0.511. The van der Waals surface area contributed by atoms with Gasteiger partial charge in [0.2, 0.25) is 0 Å². The minimum Gasteiger partial charge on any atom is -0.396 e. The standard InChI is InChI=1S/C11H19NOS/c1-8(2)10(12)7-9-4-6-14-11(9)3-5-13/h4,6,8,10,13H,3,5,7,12H2,1-2H3. The van der Waals surface area contributed by atoms with Crippen molar-refractivity contribution >= 4 is 11.3 Å². The van der Waals surface area contributed by atoms with Crippen molar-refractivity contribution in [3.05, 3.63) is 21.9 Å². The smallest absolute Gasteiger partial charge is 0.0479 e. The number of hydrogen-bond donors (Lipinski definition) is 2. The Hall–Kier alpha value is -0.380. The molecule has 1 aromatic rings. The Morgan fingerprint density at radius 1 is 1.50 bits per heavy atom. The largest absolute Gasteiger partial charge is 0.396 e. The van der Waals surface area contributed by atoms with Crippen LogP contribution in [0.5, 0.6) is 0 Å². The molecule has 0 radical (unpaired) electrons. The van der Waals surface area contributed by atoms with Crippen LogP contribution in [0, 0.1) is 5.92 Å². The summed E-state index contributed by atoms with van der Waals surface area (Å²) in [6.07, 6.45) is 1.69. The van der Waals surface area contributed by atoms with E-state index in [0.717, 1.165) is 12.8 Å². The molecule has 0 fully saturated rings. The van der Waals surface area contributed by atoms with Gasteiger partial charge in [0.05, 0.1) is 0 Å². The summed E-state index contributed by atoms with van der Waals surface area (Å²) in [4.78, 5) is 1.28. The molecular formula is C11H19NOS. The first-order valence-electron chi connectivity index (χ1n) is 5.06. The maximum absolute atomic E-state index is 8.88. The summed E-state index contributed by atoms with van der Waals surface area (Å²) in [5.41, 5.74) is 7.33. The first-order chi connectivity index (χ1) is 6.65. The van der Waals surface area contributed by atoms with Crippen LogP contribution in [0.4, 0.5) is 0 Å². The van der Waals surface area contributed by atoms with Crippen molar-refractivity contribution in [1.29, 1.82) is 0 Å². The van der Waals surface area contributed by atoms with Crippen molar-refractivity contribution in [1.82, 2.24) is 0 Å². The molecule has 0 aromatic carbocycles. The van der Waals surface area contributed by atoms with Gasteiger partial charge in [-0.2, -0.15) is 0 Å². The highest BCUT2D eigenvalue weighted by Crippen LogP contribution is 2.20. The van der Waals surface area contributed by atoms with Crippen molar-refractivity contribution in [2.24, 2.45) is 11.7 Å². The van der Waals surface area contributed by atoms with Gasteiger partial charge in [-0.05, 0) is 29.3 Å². The number of hydrogen-bond acceptors (Lipinski definition) is 3. The first-order valence-corrected chi connectivity index (χ1v) is 5.94. The van der Waals surface area contributed by atoms with E-state index in [2.05, 4.69) is 25.3 Å². The van der Waals surface area contributed by atoms with Crippen molar-refractivity contribution in [3.8, 4) is 0 Å². The Bertz CT molecular complexity index is 270. The topological polar surface area (TPSA) is 46.2 Å². The van der Waals surface area contributed by atoms with Crippen molar-refractivity contribution < 1.29 is 5.11 Å². The molecule has 0 bridgehead atoms. The second-order valence-electron chi connectivity index (χ2n) is 3.95. The van der Waals surface area contributed by atoms with Crippen LogP contribution in [0.15, 0.2) is 11.4 Å². The predicted molar refractivity (Wildman–Crippen MR) is 61.6 cm³/mol. The van der Waals surface area contributed by atoms with Gasteiger partial charge >= 0.3 is 0 Å². The van der Waals surface area contributed by atoms with Crippen molar-refractivity contribution in [3.63, 3.8) is 0 Å². The number of thiophene rings is 1. The lowest BCUT2D eigenvalue weighted by atomic mass is 9.97. The molecule has 2 nitrogen and oxygen atoms in total. The fourth-order valence-corrected chi connectivity index (χ4v) is 2.27. The van der Waals surface area contributed by atoms with Gasteiger partial charge in [-0.3, -0.25) is 0 Å². The summed E-state index contributed by atoms with van der Waals surface area (Å²) in [6, 6.07) is 2.35. The van der Waals surface area contributed by atoms with E-state index in [0.29, 0.717) is 5.92 Å². The lowest BCUT2D eigenvalue weighted by molar-refractivity contribution is 0.300. The van der Waals surface area contributed by atoms with Crippen LogP contribution >= 0.6 is 11.3 Å². The number of aliphatic hydroxyl groups is 1. The van der Waals surface area contributed by atoms with Gasteiger partial charge in [-0.15, -0.1) is 11.3 Å². The van der Waals surface area contributed by atoms with Gasteiger partial charge in [0.25, 0.3) is 0 Å². The van der Waals surface area contributed by atoms with E-state index in [4.69, 9.17) is 10.8 Å². The van der Waals surface area contributed by atoms with E-state index >= 15 is 0 Å². The molecule has 3 N–H and O–H groups in total. The number of rotatable bonds is 5. The number of aliphatic hydroxyl groups excluding tert-OH is 1. The second-order valence-corrected chi connectivity index (χ2v) is 4.96.